The number of ether oxygens (including phenoxy) is 1. The molecule has 4 rings (SSSR count). The van der Waals surface area contributed by atoms with Gasteiger partial charge in [-0.3, -0.25) is 5.32 Å². The van der Waals surface area contributed by atoms with Gasteiger partial charge in [0.05, 0.1) is 22.8 Å². The van der Waals surface area contributed by atoms with E-state index in [4.69, 9.17) is 15.5 Å². The van der Waals surface area contributed by atoms with E-state index in [-0.39, 0.29) is 35.2 Å². The van der Waals surface area contributed by atoms with Crippen LogP contribution in [0.5, 0.6) is 0 Å². The highest BCUT2D eigenvalue weighted by Gasteiger charge is 2.27. The second kappa shape index (κ2) is 8.98. The number of hydrogen-bond acceptors (Lipinski definition) is 6. The summed E-state index contributed by atoms with van der Waals surface area (Å²) in [6.07, 6.45) is 4.75. The molecule has 0 atom stereocenters. The van der Waals surface area contributed by atoms with E-state index in [1.54, 1.807) is 6.07 Å². The third-order valence-corrected chi connectivity index (χ3v) is 5.55. The van der Waals surface area contributed by atoms with Crippen molar-refractivity contribution in [1.82, 2.24) is 14.7 Å². The second-order valence-corrected chi connectivity index (χ2v) is 7.67. The number of anilines is 1. The van der Waals surface area contributed by atoms with E-state index < -0.39 is 11.9 Å². The van der Waals surface area contributed by atoms with E-state index in [1.165, 1.54) is 6.07 Å². The second-order valence-electron chi connectivity index (χ2n) is 7.67. The Kier molecular flexibility index (Phi) is 5.94. The maximum absolute atomic E-state index is 15.3. The van der Waals surface area contributed by atoms with Gasteiger partial charge in [-0.05, 0) is 31.0 Å². The zero-order chi connectivity index (χ0) is 22.7. The molecule has 0 bridgehead atoms. The van der Waals surface area contributed by atoms with Crippen LogP contribution in [0.4, 0.5) is 14.9 Å². The number of rotatable bonds is 5. The molecule has 3 N–H and O–H groups in total. The topological polar surface area (TPSA) is 109 Å². The van der Waals surface area contributed by atoms with Gasteiger partial charge in [0, 0.05) is 37.0 Å². The molecular weight excluding hydrogens is 411 g/mol. The van der Waals surface area contributed by atoms with Crippen LogP contribution in [-0.4, -0.2) is 28.6 Å². The van der Waals surface area contributed by atoms with Crippen molar-refractivity contribution in [2.24, 2.45) is 5.73 Å². The zero-order valence-corrected chi connectivity index (χ0v) is 17.4. The number of imidazole rings is 1. The van der Waals surface area contributed by atoms with E-state index >= 15 is 4.39 Å². The fourth-order valence-electron chi connectivity index (χ4n) is 3.98. The molecule has 1 aliphatic heterocycles. The lowest BCUT2D eigenvalue weighted by Crippen LogP contribution is -2.34. The molecule has 32 heavy (non-hydrogen) atoms. The number of nitrogens with two attached hydrogens (primary N) is 1. The number of nitrogens with one attached hydrogen (secondary N) is 1. The molecule has 3 aromatic rings. The molecule has 3 heterocycles. The van der Waals surface area contributed by atoms with Gasteiger partial charge in [-0.15, -0.1) is 0 Å². The number of hydrogen-bond donors (Lipinski definition) is 2. The van der Waals surface area contributed by atoms with Crippen LogP contribution in [0.15, 0.2) is 55.1 Å². The maximum Gasteiger partial charge on any atom is 0.413 e. The smallest absolute Gasteiger partial charge is 0.413 e. The van der Waals surface area contributed by atoms with Gasteiger partial charge >= 0.3 is 6.09 Å². The number of benzene rings is 1. The Bertz CT molecular complexity index is 1170. The number of halogens is 1. The molecule has 9 heteroatoms. The fraction of sp³-hybridized carbons (Fsp3) is 0.261. The van der Waals surface area contributed by atoms with Gasteiger partial charge in [-0.2, -0.15) is 5.26 Å². The third-order valence-electron chi connectivity index (χ3n) is 5.55. The molecule has 1 aromatic carbocycles. The van der Waals surface area contributed by atoms with Crippen LogP contribution in [0.2, 0.25) is 0 Å². The van der Waals surface area contributed by atoms with E-state index in [0.29, 0.717) is 13.1 Å². The van der Waals surface area contributed by atoms with Crippen molar-refractivity contribution in [2.75, 3.05) is 18.0 Å². The fourth-order valence-corrected chi connectivity index (χ4v) is 3.98. The van der Waals surface area contributed by atoms with Crippen molar-refractivity contribution in [2.45, 2.75) is 25.4 Å². The van der Waals surface area contributed by atoms with Gasteiger partial charge in [0.1, 0.15) is 18.3 Å². The SMILES string of the molecule is C=C(N)NC(=O)OCc1ccc(C#N)c(N2CCC(c3cn4ccccc4n3)CC2)c1F. The largest absolute Gasteiger partial charge is 0.444 e. The molecule has 164 valence electrons. The van der Waals surface area contributed by atoms with Crippen LogP contribution in [0.25, 0.3) is 5.65 Å². The minimum Gasteiger partial charge on any atom is -0.444 e. The van der Waals surface area contributed by atoms with Gasteiger partial charge in [0.15, 0.2) is 5.82 Å². The number of pyridine rings is 1. The molecule has 1 saturated heterocycles. The first-order chi connectivity index (χ1) is 15.5. The maximum atomic E-state index is 15.3. The molecule has 2 aromatic heterocycles. The molecule has 0 radical (unpaired) electrons. The number of carbonyl (C=O) groups is 1. The lowest BCUT2D eigenvalue weighted by Gasteiger charge is -2.34. The molecule has 0 spiro atoms. The summed E-state index contributed by atoms with van der Waals surface area (Å²) in [6.45, 7) is 4.23. The van der Waals surface area contributed by atoms with Crippen molar-refractivity contribution >= 4 is 17.4 Å². The van der Waals surface area contributed by atoms with Crippen LogP contribution in [0.3, 0.4) is 0 Å². The van der Waals surface area contributed by atoms with Crippen LogP contribution in [0.1, 0.15) is 35.6 Å². The number of nitriles is 1. The molecule has 1 aliphatic rings. The van der Waals surface area contributed by atoms with E-state index in [2.05, 4.69) is 18.0 Å². The molecular formula is C23H23FN6O2. The predicted octanol–water partition coefficient (Wildman–Crippen LogP) is 3.39. The first-order valence-electron chi connectivity index (χ1n) is 10.2. The van der Waals surface area contributed by atoms with Crippen LogP contribution >= 0.6 is 0 Å². The van der Waals surface area contributed by atoms with Crippen molar-refractivity contribution < 1.29 is 13.9 Å². The van der Waals surface area contributed by atoms with Gasteiger partial charge in [-0.1, -0.05) is 18.7 Å². The van der Waals surface area contributed by atoms with Crippen LogP contribution < -0.4 is 16.0 Å². The highest BCUT2D eigenvalue weighted by molar-refractivity contribution is 5.69. The zero-order valence-electron chi connectivity index (χ0n) is 17.4. The standard InChI is InChI=1S/C23H23FN6O2/c1-15(26)27-23(31)32-14-18-6-5-17(12-25)22(21(18)24)29-10-7-16(8-11-29)19-13-30-9-3-2-4-20(30)28-19/h2-6,9,13,16H,1,7-8,10-11,14,26H2,(H,27,31). The van der Waals surface area contributed by atoms with Gasteiger partial charge < -0.3 is 19.8 Å². The lowest BCUT2D eigenvalue weighted by molar-refractivity contribution is 0.141. The normalized spacial score (nSPS) is 14.2. The number of nitrogens with zero attached hydrogens (tertiary/aromatic N) is 4. The molecule has 0 unspecified atom stereocenters. The Morgan fingerprint density at radius 3 is 2.81 bits per heavy atom. The average molecular weight is 434 g/mol. The minimum atomic E-state index is -0.823. The summed E-state index contributed by atoms with van der Waals surface area (Å²) in [7, 11) is 0. The number of piperidine rings is 1. The Morgan fingerprint density at radius 2 is 2.12 bits per heavy atom. The molecule has 8 nitrogen and oxygen atoms in total. The highest BCUT2D eigenvalue weighted by atomic mass is 19.1. The van der Waals surface area contributed by atoms with Gasteiger partial charge in [0.2, 0.25) is 0 Å². The summed E-state index contributed by atoms with van der Waals surface area (Å²) in [6, 6.07) is 10.9. The van der Waals surface area contributed by atoms with Gasteiger partial charge in [0.25, 0.3) is 0 Å². The number of fused-ring (bicyclic) bond motifs is 1. The first kappa shape index (κ1) is 21.2. The van der Waals surface area contributed by atoms with Crippen molar-refractivity contribution in [3.05, 3.63) is 77.8 Å². The van der Waals surface area contributed by atoms with Crippen LogP contribution in [-0.2, 0) is 11.3 Å². The van der Waals surface area contributed by atoms with Crippen molar-refractivity contribution in [3.63, 3.8) is 0 Å². The molecule has 1 amide bonds. The number of aromatic nitrogens is 2. The third kappa shape index (κ3) is 4.34. The van der Waals surface area contributed by atoms with Gasteiger partial charge in [-0.25, -0.2) is 14.2 Å². The average Bonchev–Trinajstić information content (AvgIpc) is 3.22. The number of amides is 1. The Balaban J connectivity index is 1.48. The van der Waals surface area contributed by atoms with E-state index in [1.807, 2.05) is 39.9 Å². The summed E-state index contributed by atoms with van der Waals surface area (Å²) in [4.78, 5) is 18.2. The first-order valence-corrected chi connectivity index (χ1v) is 10.2. The Morgan fingerprint density at radius 1 is 1.34 bits per heavy atom. The summed E-state index contributed by atoms with van der Waals surface area (Å²) >= 11 is 0. The van der Waals surface area contributed by atoms with Crippen molar-refractivity contribution in [3.8, 4) is 6.07 Å². The Labute approximate surface area is 184 Å². The van der Waals surface area contributed by atoms with Crippen molar-refractivity contribution in [1.29, 1.82) is 5.26 Å². The molecule has 1 fully saturated rings. The molecule has 0 aliphatic carbocycles. The summed E-state index contributed by atoms with van der Waals surface area (Å²) in [5.41, 5.74) is 7.89. The number of alkyl carbamates (subject to hydrolysis) is 1. The van der Waals surface area contributed by atoms with E-state index in [9.17, 15) is 10.1 Å². The minimum absolute atomic E-state index is 0.0653. The summed E-state index contributed by atoms with van der Waals surface area (Å²) in [5, 5.41) is 11.7. The summed E-state index contributed by atoms with van der Waals surface area (Å²) in [5.74, 6) is -0.363. The highest BCUT2D eigenvalue weighted by Crippen LogP contribution is 2.34. The predicted molar refractivity (Wildman–Crippen MR) is 117 cm³/mol. The number of carbonyl (C=O) groups excluding carboxylic acids is 1. The van der Waals surface area contributed by atoms with Crippen LogP contribution in [0, 0.1) is 17.1 Å². The monoisotopic (exact) mass is 434 g/mol. The molecule has 0 saturated carbocycles. The Hall–Kier alpha value is -4.06. The lowest BCUT2D eigenvalue weighted by atomic mass is 9.93. The van der Waals surface area contributed by atoms with E-state index in [0.717, 1.165) is 24.2 Å². The quantitative estimate of drug-likeness (QED) is 0.637. The summed E-state index contributed by atoms with van der Waals surface area (Å²) < 4.78 is 22.3.